The molecule has 6 heteroatoms. The molecule has 2 heterocycles. The van der Waals surface area contributed by atoms with Crippen LogP contribution in [0.25, 0.3) is 0 Å². The first kappa shape index (κ1) is 10.5. The lowest BCUT2D eigenvalue weighted by Crippen LogP contribution is -2.28. The van der Waals surface area contributed by atoms with Crippen LogP contribution in [0.5, 0.6) is 0 Å². The van der Waals surface area contributed by atoms with Crippen LogP contribution in [-0.4, -0.2) is 31.1 Å². The van der Waals surface area contributed by atoms with Gasteiger partial charge in [-0.25, -0.2) is 8.42 Å². The lowest BCUT2D eigenvalue weighted by Gasteiger charge is -2.13. The molecule has 1 saturated heterocycles. The third-order valence-corrected chi connectivity index (χ3v) is 5.88. The van der Waals surface area contributed by atoms with Gasteiger partial charge < -0.3 is 0 Å². The van der Waals surface area contributed by atoms with E-state index >= 15 is 0 Å². The Kier molecular flexibility index (Phi) is 2.88. The number of rotatable bonds is 2. The molecule has 1 atom stereocenters. The summed E-state index contributed by atoms with van der Waals surface area (Å²) in [5, 5.41) is 1.96. The second kappa shape index (κ2) is 3.84. The van der Waals surface area contributed by atoms with E-state index in [1.165, 1.54) is 15.6 Å². The van der Waals surface area contributed by atoms with Crippen LogP contribution in [0.4, 0.5) is 0 Å². The molecule has 14 heavy (non-hydrogen) atoms. The van der Waals surface area contributed by atoms with Crippen molar-refractivity contribution in [1.29, 1.82) is 0 Å². The van der Waals surface area contributed by atoms with Gasteiger partial charge in [0.25, 0.3) is 10.0 Å². The Morgan fingerprint density at radius 3 is 2.86 bits per heavy atom. The predicted octanol–water partition coefficient (Wildman–Crippen LogP) is 1.44. The molecule has 0 N–H and O–H groups in total. The van der Waals surface area contributed by atoms with E-state index in [0.717, 1.165) is 6.42 Å². The molecule has 0 radical (unpaired) electrons. The zero-order valence-corrected chi connectivity index (χ0v) is 9.99. The molecular weight excluding hydrogens is 238 g/mol. The van der Waals surface area contributed by atoms with E-state index in [9.17, 15) is 8.42 Å². The van der Waals surface area contributed by atoms with E-state index in [2.05, 4.69) is 12.6 Å². The van der Waals surface area contributed by atoms with Gasteiger partial charge in [-0.2, -0.15) is 16.9 Å². The Balaban J connectivity index is 2.26. The van der Waals surface area contributed by atoms with E-state index in [1.807, 2.05) is 0 Å². The molecule has 78 valence electrons. The molecule has 3 nitrogen and oxygen atoms in total. The molecule has 1 aromatic rings. The molecule has 1 unspecified atom stereocenters. The summed E-state index contributed by atoms with van der Waals surface area (Å²) in [7, 11) is -3.23. The minimum absolute atomic E-state index is 0.185. The first-order chi connectivity index (χ1) is 6.60. The number of thiophene rings is 1. The van der Waals surface area contributed by atoms with Gasteiger partial charge in [0.2, 0.25) is 0 Å². The second-order valence-electron chi connectivity index (χ2n) is 3.24. The third-order valence-electron chi connectivity index (χ3n) is 2.22. The van der Waals surface area contributed by atoms with Crippen LogP contribution >= 0.6 is 24.0 Å². The Morgan fingerprint density at radius 2 is 2.36 bits per heavy atom. The summed E-state index contributed by atoms with van der Waals surface area (Å²) in [5.41, 5.74) is 0. The highest BCUT2D eigenvalue weighted by Crippen LogP contribution is 2.25. The molecule has 0 saturated carbocycles. The molecule has 0 aromatic carbocycles. The average molecular weight is 249 g/mol. The van der Waals surface area contributed by atoms with Crippen LogP contribution in [0, 0.1) is 0 Å². The summed E-state index contributed by atoms with van der Waals surface area (Å²) < 4.78 is 25.8. The van der Waals surface area contributed by atoms with E-state index < -0.39 is 10.0 Å². The van der Waals surface area contributed by atoms with Gasteiger partial charge in [0, 0.05) is 18.3 Å². The van der Waals surface area contributed by atoms with Gasteiger partial charge in [0.15, 0.2) is 0 Å². The van der Waals surface area contributed by atoms with Gasteiger partial charge in [0.05, 0.1) is 0 Å². The fraction of sp³-hybridized carbons (Fsp3) is 0.500. The standard InChI is InChI=1S/C8H11NO2S3/c10-14(11,8-2-1-5-13-8)9-4-3-7(12)6-9/h1-2,5,7,12H,3-4,6H2. The number of thiol groups is 1. The number of sulfonamides is 1. The highest BCUT2D eigenvalue weighted by molar-refractivity contribution is 7.91. The fourth-order valence-corrected chi connectivity index (χ4v) is 4.53. The highest BCUT2D eigenvalue weighted by Gasteiger charge is 2.31. The SMILES string of the molecule is O=S(=O)(c1cccs1)N1CCC(S)C1. The minimum Gasteiger partial charge on any atom is -0.206 e. The largest absolute Gasteiger partial charge is 0.252 e. The van der Waals surface area contributed by atoms with Crippen LogP contribution in [-0.2, 0) is 10.0 Å². The van der Waals surface area contributed by atoms with Crippen molar-refractivity contribution in [2.24, 2.45) is 0 Å². The van der Waals surface area contributed by atoms with Gasteiger partial charge in [-0.3, -0.25) is 0 Å². The zero-order valence-electron chi connectivity index (χ0n) is 7.46. The maximum atomic E-state index is 11.9. The van der Waals surface area contributed by atoms with Crippen molar-refractivity contribution in [3.05, 3.63) is 17.5 Å². The van der Waals surface area contributed by atoms with Crippen LogP contribution < -0.4 is 0 Å². The molecule has 2 rings (SSSR count). The van der Waals surface area contributed by atoms with E-state index in [4.69, 9.17) is 0 Å². The second-order valence-corrected chi connectivity index (χ2v) is 7.08. The maximum Gasteiger partial charge on any atom is 0.252 e. The molecule has 0 amide bonds. The monoisotopic (exact) mass is 249 g/mol. The van der Waals surface area contributed by atoms with Crippen molar-refractivity contribution in [2.45, 2.75) is 15.9 Å². The Morgan fingerprint density at radius 1 is 1.57 bits per heavy atom. The molecule has 0 spiro atoms. The van der Waals surface area contributed by atoms with Crippen molar-refractivity contribution in [3.8, 4) is 0 Å². The van der Waals surface area contributed by atoms with Crippen molar-refractivity contribution >= 4 is 34.0 Å². The summed E-state index contributed by atoms with van der Waals surface area (Å²) in [5.74, 6) is 0. The van der Waals surface area contributed by atoms with Crippen LogP contribution in [0.1, 0.15) is 6.42 Å². The number of hydrogen-bond acceptors (Lipinski definition) is 4. The maximum absolute atomic E-state index is 11.9. The quantitative estimate of drug-likeness (QED) is 0.805. The highest BCUT2D eigenvalue weighted by atomic mass is 32.2. The summed E-state index contributed by atoms with van der Waals surface area (Å²) in [4.78, 5) is 0. The molecule has 1 aliphatic rings. The first-order valence-electron chi connectivity index (χ1n) is 4.32. The summed E-state index contributed by atoms with van der Waals surface area (Å²) in [6.45, 7) is 1.12. The number of nitrogens with zero attached hydrogens (tertiary/aromatic N) is 1. The van der Waals surface area contributed by atoms with E-state index in [-0.39, 0.29) is 5.25 Å². The normalized spacial score (nSPS) is 24.2. The summed E-state index contributed by atoms with van der Waals surface area (Å²) in [6, 6.07) is 3.40. The summed E-state index contributed by atoms with van der Waals surface area (Å²) in [6.07, 6.45) is 0.841. The molecular formula is C8H11NO2S3. The van der Waals surface area contributed by atoms with Gasteiger partial charge in [-0.05, 0) is 17.9 Å². The van der Waals surface area contributed by atoms with Crippen LogP contribution in [0.2, 0.25) is 0 Å². The molecule has 1 fully saturated rings. The van der Waals surface area contributed by atoms with E-state index in [1.54, 1.807) is 17.5 Å². The van der Waals surface area contributed by atoms with Gasteiger partial charge in [-0.1, -0.05) is 6.07 Å². The smallest absolute Gasteiger partial charge is 0.206 e. The average Bonchev–Trinajstić information content (AvgIpc) is 2.72. The lowest BCUT2D eigenvalue weighted by atomic mass is 10.4. The van der Waals surface area contributed by atoms with Crippen molar-refractivity contribution < 1.29 is 8.42 Å². The van der Waals surface area contributed by atoms with Crippen LogP contribution in [0.3, 0.4) is 0 Å². The topological polar surface area (TPSA) is 37.4 Å². The van der Waals surface area contributed by atoms with Gasteiger partial charge in [0.1, 0.15) is 4.21 Å². The fourth-order valence-electron chi connectivity index (χ4n) is 1.47. The lowest BCUT2D eigenvalue weighted by molar-refractivity contribution is 0.480. The summed E-state index contributed by atoms with van der Waals surface area (Å²) >= 11 is 5.54. The zero-order chi connectivity index (χ0) is 10.2. The Bertz CT molecular complexity index is 398. The third kappa shape index (κ3) is 1.84. The van der Waals surface area contributed by atoms with Crippen molar-refractivity contribution in [3.63, 3.8) is 0 Å². The predicted molar refractivity (Wildman–Crippen MR) is 60.5 cm³/mol. The van der Waals surface area contributed by atoms with E-state index in [0.29, 0.717) is 17.3 Å². The van der Waals surface area contributed by atoms with Gasteiger partial charge >= 0.3 is 0 Å². The van der Waals surface area contributed by atoms with Crippen molar-refractivity contribution in [1.82, 2.24) is 4.31 Å². The minimum atomic E-state index is -3.23. The Labute approximate surface area is 93.2 Å². The molecule has 1 aliphatic heterocycles. The Hall–Kier alpha value is -0.0400. The number of hydrogen-bond donors (Lipinski definition) is 1. The molecule has 1 aromatic heterocycles. The first-order valence-corrected chi connectivity index (χ1v) is 7.16. The molecule has 0 aliphatic carbocycles. The van der Waals surface area contributed by atoms with Gasteiger partial charge in [-0.15, -0.1) is 11.3 Å². The molecule has 0 bridgehead atoms. The van der Waals surface area contributed by atoms with Crippen LogP contribution in [0.15, 0.2) is 21.7 Å². The van der Waals surface area contributed by atoms with Crippen molar-refractivity contribution in [2.75, 3.05) is 13.1 Å².